The molecular formula is C22H33ClN2O5. The number of likely N-dealkylation sites (tertiary alicyclic amines) is 1. The zero-order chi connectivity index (χ0) is 21.2. The Kier molecular flexibility index (Phi) is 11.4. The summed E-state index contributed by atoms with van der Waals surface area (Å²) >= 11 is 0. The molecule has 1 aromatic rings. The van der Waals surface area contributed by atoms with Crippen molar-refractivity contribution in [3.05, 3.63) is 35.9 Å². The molecule has 0 spiro atoms. The Bertz CT molecular complexity index is 685. The van der Waals surface area contributed by atoms with Crippen LogP contribution in [0.15, 0.2) is 30.3 Å². The van der Waals surface area contributed by atoms with Gasteiger partial charge in [-0.1, -0.05) is 30.3 Å². The number of esters is 2. The summed E-state index contributed by atoms with van der Waals surface area (Å²) in [5.74, 6) is -0.933. The Labute approximate surface area is 184 Å². The Morgan fingerprint density at radius 1 is 1.13 bits per heavy atom. The lowest BCUT2D eigenvalue weighted by atomic mass is 10.0. The number of benzene rings is 1. The van der Waals surface area contributed by atoms with Gasteiger partial charge in [0.2, 0.25) is 5.91 Å². The summed E-state index contributed by atoms with van der Waals surface area (Å²) in [6.07, 6.45) is 2.57. The molecule has 1 saturated heterocycles. The smallest absolute Gasteiger partial charge is 0.328 e. The first-order valence-corrected chi connectivity index (χ1v) is 10.4. The number of ether oxygens (including phenoxy) is 2. The van der Waals surface area contributed by atoms with E-state index in [1.807, 2.05) is 30.3 Å². The minimum Gasteiger partial charge on any atom is -0.465 e. The van der Waals surface area contributed by atoms with E-state index in [0.717, 1.165) is 12.0 Å². The maximum absolute atomic E-state index is 13.0. The first kappa shape index (κ1) is 25.9. The van der Waals surface area contributed by atoms with Crippen LogP contribution in [0.25, 0.3) is 0 Å². The minimum atomic E-state index is -0.616. The summed E-state index contributed by atoms with van der Waals surface area (Å²) in [5, 5.41) is 3.12. The van der Waals surface area contributed by atoms with Gasteiger partial charge in [-0.15, -0.1) is 12.4 Å². The molecule has 2 rings (SSSR count). The fourth-order valence-electron chi connectivity index (χ4n) is 3.60. The predicted molar refractivity (Wildman–Crippen MR) is 116 cm³/mol. The number of hydrogen-bond acceptors (Lipinski definition) is 6. The monoisotopic (exact) mass is 440 g/mol. The number of halogens is 1. The molecule has 0 radical (unpaired) electrons. The fraction of sp³-hybridized carbons (Fsp3) is 0.591. The Morgan fingerprint density at radius 3 is 2.43 bits per heavy atom. The van der Waals surface area contributed by atoms with Crippen LogP contribution in [-0.4, -0.2) is 60.6 Å². The Hall–Kier alpha value is -2.12. The van der Waals surface area contributed by atoms with Crippen molar-refractivity contribution in [1.82, 2.24) is 10.2 Å². The maximum Gasteiger partial charge on any atom is 0.328 e. The van der Waals surface area contributed by atoms with Gasteiger partial charge in [0, 0.05) is 6.54 Å². The highest BCUT2D eigenvalue weighted by Crippen LogP contribution is 2.20. The molecule has 0 aliphatic carbocycles. The molecule has 0 aromatic heterocycles. The largest absolute Gasteiger partial charge is 0.465 e. The van der Waals surface area contributed by atoms with Crippen LogP contribution < -0.4 is 5.32 Å². The molecule has 168 valence electrons. The summed E-state index contributed by atoms with van der Waals surface area (Å²) in [6.45, 7) is 6.31. The molecule has 7 nitrogen and oxygen atoms in total. The van der Waals surface area contributed by atoms with Gasteiger partial charge in [-0.3, -0.25) is 14.9 Å². The Morgan fingerprint density at radius 2 is 1.80 bits per heavy atom. The summed E-state index contributed by atoms with van der Waals surface area (Å²) in [5.41, 5.74) is 1.12. The van der Waals surface area contributed by atoms with Crippen molar-refractivity contribution in [3.63, 3.8) is 0 Å². The molecular weight excluding hydrogens is 408 g/mol. The lowest BCUT2D eigenvalue weighted by molar-refractivity contribution is -0.154. The number of amides is 1. The zero-order valence-electron chi connectivity index (χ0n) is 18.0. The highest BCUT2D eigenvalue weighted by Gasteiger charge is 2.37. The first-order valence-electron chi connectivity index (χ1n) is 10.4. The molecule has 0 saturated carbocycles. The second-order valence-corrected chi connectivity index (χ2v) is 7.16. The van der Waals surface area contributed by atoms with E-state index < -0.39 is 18.1 Å². The summed E-state index contributed by atoms with van der Waals surface area (Å²) in [4.78, 5) is 39.1. The van der Waals surface area contributed by atoms with Crippen LogP contribution in [-0.2, 0) is 30.3 Å². The van der Waals surface area contributed by atoms with Crippen molar-refractivity contribution in [2.24, 2.45) is 0 Å². The number of hydrogen-bond donors (Lipinski definition) is 1. The van der Waals surface area contributed by atoms with Crippen LogP contribution in [0.1, 0.15) is 45.6 Å². The van der Waals surface area contributed by atoms with E-state index >= 15 is 0 Å². The van der Waals surface area contributed by atoms with Gasteiger partial charge in [0.15, 0.2) is 0 Å². The van der Waals surface area contributed by atoms with Crippen LogP contribution in [0.4, 0.5) is 0 Å². The molecule has 1 aliphatic heterocycles. The van der Waals surface area contributed by atoms with Gasteiger partial charge in [-0.2, -0.15) is 0 Å². The van der Waals surface area contributed by atoms with Crippen molar-refractivity contribution in [2.45, 2.75) is 64.6 Å². The highest BCUT2D eigenvalue weighted by molar-refractivity contribution is 5.88. The van der Waals surface area contributed by atoms with Gasteiger partial charge in [-0.25, -0.2) is 4.79 Å². The van der Waals surface area contributed by atoms with Gasteiger partial charge in [0.1, 0.15) is 12.1 Å². The average molecular weight is 441 g/mol. The van der Waals surface area contributed by atoms with Crippen LogP contribution in [0.5, 0.6) is 0 Å². The van der Waals surface area contributed by atoms with Crippen LogP contribution >= 0.6 is 12.4 Å². The topological polar surface area (TPSA) is 84.9 Å². The van der Waals surface area contributed by atoms with Crippen molar-refractivity contribution in [1.29, 1.82) is 0 Å². The molecule has 1 fully saturated rings. The van der Waals surface area contributed by atoms with E-state index in [2.05, 4.69) is 5.32 Å². The third-order valence-electron chi connectivity index (χ3n) is 5.05. The van der Waals surface area contributed by atoms with Gasteiger partial charge in [0.05, 0.1) is 19.3 Å². The Balaban J connectivity index is 0.00000450. The van der Waals surface area contributed by atoms with E-state index in [1.165, 1.54) is 0 Å². The van der Waals surface area contributed by atoms with E-state index in [1.54, 1.807) is 25.7 Å². The number of nitrogens with zero attached hydrogens (tertiary/aromatic N) is 1. The lowest BCUT2D eigenvalue weighted by Gasteiger charge is -2.28. The van der Waals surface area contributed by atoms with Crippen molar-refractivity contribution in [2.75, 3.05) is 19.8 Å². The summed E-state index contributed by atoms with van der Waals surface area (Å²) in [7, 11) is 0. The van der Waals surface area contributed by atoms with Crippen LogP contribution in [0.2, 0.25) is 0 Å². The molecule has 0 bridgehead atoms. The van der Waals surface area contributed by atoms with Crippen molar-refractivity contribution in [3.8, 4) is 0 Å². The van der Waals surface area contributed by atoms with Gasteiger partial charge in [0.25, 0.3) is 0 Å². The minimum absolute atomic E-state index is 0. The predicted octanol–water partition coefficient (Wildman–Crippen LogP) is 2.50. The van der Waals surface area contributed by atoms with Crippen LogP contribution in [0, 0.1) is 0 Å². The van der Waals surface area contributed by atoms with Crippen molar-refractivity contribution < 1.29 is 23.9 Å². The molecule has 1 unspecified atom stereocenters. The normalized spacial score (nSPS) is 17.6. The van der Waals surface area contributed by atoms with Crippen molar-refractivity contribution >= 4 is 30.3 Å². The molecule has 1 aliphatic rings. The number of aryl methyl sites for hydroxylation is 1. The molecule has 3 atom stereocenters. The van der Waals surface area contributed by atoms with E-state index in [4.69, 9.17) is 9.47 Å². The average Bonchev–Trinajstić information content (AvgIpc) is 3.21. The third kappa shape index (κ3) is 7.29. The van der Waals surface area contributed by atoms with E-state index in [-0.39, 0.29) is 43.5 Å². The number of carbonyl (C=O) groups excluding carboxylic acids is 3. The second kappa shape index (κ2) is 13.2. The number of rotatable bonds is 10. The van der Waals surface area contributed by atoms with Crippen LogP contribution in [0.3, 0.4) is 0 Å². The fourth-order valence-corrected chi connectivity index (χ4v) is 3.60. The second-order valence-electron chi connectivity index (χ2n) is 7.16. The number of carbonyl (C=O) groups is 3. The standard InChI is InChI=1S/C22H32N2O5.ClH/c1-4-28-21(26)18(14-13-17-10-7-6-8-11-17)23-16(3)20(25)24-15-9-12-19(24)22(27)29-5-2;/h6-8,10-11,16,18-19,23H,4-5,9,12-15H2,1-3H3;1H/t16-,18?,19-;/m0./s1. The first-order chi connectivity index (χ1) is 14.0. The quantitative estimate of drug-likeness (QED) is 0.563. The molecule has 1 N–H and O–H groups in total. The highest BCUT2D eigenvalue weighted by atomic mass is 35.5. The molecule has 1 heterocycles. The van der Waals surface area contributed by atoms with Gasteiger partial charge >= 0.3 is 11.9 Å². The molecule has 1 aromatic carbocycles. The molecule has 8 heteroatoms. The van der Waals surface area contributed by atoms with E-state index in [0.29, 0.717) is 25.8 Å². The third-order valence-corrected chi connectivity index (χ3v) is 5.05. The summed E-state index contributed by atoms with van der Waals surface area (Å²) in [6, 6.07) is 8.11. The SMILES string of the molecule is CCOC(=O)C(CCc1ccccc1)N[C@@H](C)C(=O)N1CCC[C@H]1C(=O)OCC.Cl. The lowest BCUT2D eigenvalue weighted by Crippen LogP contribution is -2.53. The van der Waals surface area contributed by atoms with Gasteiger partial charge in [-0.05, 0) is 52.0 Å². The maximum atomic E-state index is 13.0. The molecule has 1 amide bonds. The number of nitrogens with one attached hydrogen (secondary N) is 1. The van der Waals surface area contributed by atoms with Gasteiger partial charge < -0.3 is 14.4 Å². The summed E-state index contributed by atoms with van der Waals surface area (Å²) < 4.78 is 10.3. The zero-order valence-corrected chi connectivity index (χ0v) is 18.8. The molecule has 30 heavy (non-hydrogen) atoms. The van der Waals surface area contributed by atoms with E-state index in [9.17, 15) is 14.4 Å².